The predicted molar refractivity (Wildman–Crippen MR) is 85.3 cm³/mol. The maximum absolute atomic E-state index is 10.9. The lowest BCUT2D eigenvalue weighted by Gasteiger charge is -2.36. The molecule has 0 amide bonds. The summed E-state index contributed by atoms with van der Waals surface area (Å²) in [4.78, 5) is 19.7. The minimum Gasteiger partial charge on any atom is -0.480 e. The molecular weight excluding hydrogens is 278 g/mol. The second-order valence-electron chi connectivity index (χ2n) is 6.19. The van der Waals surface area contributed by atoms with Crippen LogP contribution in [0, 0.1) is 0 Å². The van der Waals surface area contributed by atoms with E-state index in [1.165, 1.54) is 22.0 Å². The number of rotatable bonds is 3. The Balaban J connectivity index is 1.65. The number of nitrogens with zero attached hydrogens (tertiary/aromatic N) is 3. The first-order valence-corrected chi connectivity index (χ1v) is 7.79. The molecule has 2 aliphatic rings. The van der Waals surface area contributed by atoms with E-state index >= 15 is 0 Å². The molecule has 5 nitrogen and oxygen atoms in total. The Kier molecular flexibility index (Phi) is 3.22. The van der Waals surface area contributed by atoms with Gasteiger partial charge in [-0.2, -0.15) is 0 Å². The normalized spacial score (nSPS) is 21.5. The summed E-state index contributed by atoms with van der Waals surface area (Å²) in [6, 6.07) is 6.80. The first-order chi connectivity index (χ1) is 10.7. The van der Waals surface area contributed by atoms with Crippen LogP contribution in [0.25, 0.3) is 10.8 Å². The summed E-state index contributed by atoms with van der Waals surface area (Å²) in [7, 11) is 0. The lowest BCUT2D eigenvalue weighted by molar-refractivity contribution is -0.138. The number of aliphatic carboxylic acids is 1. The molecule has 0 bridgehead atoms. The Hall–Kier alpha value is -2.14. The van der Waals surface area contributed by atoms with Gasteiger partial charge in [0.1, 0.15) is 0 Å². The van der Waals surface area contributed by atoms with Crippen LogP contribution in [0.1, 0.15) is 12.0 Å². The summed E-state index contributed by atoms with van der Waals surface area (Å²) in [5, 5.41) is 11.5. The number of carboxylic acid groups (broad SMARTS) is 1. The van der Waals surface area contributed by atoms with Gasteiger partial charge in [0.25, 0.3) is 0 Å². The van der Waals surface area contributed by atoms with Gasteiger partial charge in [-0.3, -0.25) is 14.7 Å². The Morgan fingerprint density at radius 3 is 3.09 bits per heavy atom. The average Bonchev–Trinajstić information content (AvgIpc) is 2.96. The number of hydrogen-bond acceptors (Lipinski definition) is 4. The molecule has 2 aliphatic heterocycles. The van der Waals surface area contributed by atoms with E-state index < -0.39 is 5.97 Å². The van der Waals surface area contributed by atoms with Crippen LogP contribution in [-0.4, -0.2) is 53.2 Å². The molecule has 1 atom stereocenters. The van der Waals surface area contributed by atoms with E-state index in [2.05, 4.69) is 28.1 Å². The number of aromatic nitrogens is 1. The molecule has 2 aromatic rings. The van der Waals surface area contributed by atoms with E-state index in [4.69, 9.17) is 5.11 Å². The lowest BCUT2D eigenvalue weighted by Crippen LogP contribution is -2.41. The van der Waals surface area contributed by atoms with Gasteiger partial charge in [-0.1, -0.05) is 12.1 Å². The Morgan fingerprint density at radius 1 is 1.32 bits per heavy atom. The summed E-state index contributed by atoms with van der Waals surface area (Å²) < 4.78 is 0. The van der Waals surface area contributed by atoms with Gasteiger partial charge < -0.3 is 10.0 Å². The lowest BCUT2D eigenvalue weighted by atomic mass is 9.97. The van der Waals surface area contributed by atoms with Crippen molar-refractivity contribution >= 4 is 22.4 Å². The Labute approximate surface area is 129 Å². The minimum absolute atomic E-state index is 0.148. The number of hydrogen-bond donors (Lipinski definition) is 1. The highest BCUT2D eigenvalue weighted by molar-refractivity contribution is 5.97. The monoisotopic (exact) mass is 297 g/mol. The fourth-order valence-corrected chi connectivity index (χ4v) is 3.86. The second-order valence-corrected chi connectivity index (χ2v) is 6.19. The van der Waals surface area contributed by atoms with Crippen LogP contribution in [-0.2, 0) is 11.2 Å². The van der Waals surface area contributed by atoms with E-state index in [1.54, 1.807) is 0 Å². The third-order valence-electron chi connectivity index (χ3n) is 4.82. The molecule has 0 saturated carbocycles. The van der Waals surface area contributed by atoms with Crippen molar-refractivity contribution in [3.05, 3.63) is 36.2 Å². The summed E-state index contributed by atoms with van der Waals surface area (Å²) >= 11 is 0. The zero-order chi connectivity index (χ0) is 15.1. The van der Waals surface area contributed by atoms with Crippen LogP contribution in [0.3, 0.4) is 0 Å². The summed E-state index contributed by atoms with van der Waals surface area (Å²) in [5.41, 5.74) is 2.60. The fourth-order valence-electron chi connectivity index (χ4n) is 3.86. The van der Waals surface area contributed by atoms with Crippen molar-refractivity contribution in [2.75, 3.05) is 31.1 Å². The first kappa shape index (κ1) is 13.5. The molecule has 4 rings (SSSR count). The zero-order valence-electron chi connectivity index (χ0n) is 12.4. The number of likely N-dealkylation sites (tertiary alicyclic amines) is 1. The van der Waals surface area contributed by atoms with Gasteiger partial charge in [-0.05, 0) is 24.5 Å². The maximum atomic E-state index is 10.9. The molecule has 1 aromatic heterocycles. The van der Waals surface area contributed by atoms with Gasteiger partial charge in [0.2, 0.25) is 0 Å². The predicted octanol–water partition coefficient (Wildman–Crippen LogP) is 1.76. The molecule has 22 heavy (non-hydrogen) atoms. The van der Waals surface area contributed by atoms with Crippen LogP contribution in [0.5, 0.6) is 0 Å². The number of pyridine rings is 1. The summed E-state index contributed by atoms with van der Waals surface area (Å²) in [5.74, 6) is -0.738. The first-order valence-electron chi connectivity index (χ1n) is 7.79. The van der Waals surface area contributed by atoms with Crippen molar-refractivity contribution in [1.29, 1.82) is 0 Å². The van der Waals surface area contributed by atoms with Crippen molar-refractivity contribution in [3.63, 3.8) is 0 Å². The van der Waals surface area contributed by atoms with Crippen molar-refractivity contribution < 1.29 is 9.90 Å². The van der Waals surface area contributed by atoms with Crippen LogP contribution < -0.4 is 4.90 Å². The molecule has 1 fully saturated rings. The van der Waals surface area contributed by atoms with Crippen molar-refractivity contribution in [1.82, 2.24) is 9.88 Å². The van der Waals surface area contributed by atoms with Gasteiger partial charge in [0, 0.05) is 54.5 Å². The van der Waals surface area contributed by atoms with Crippen LogP contribution in [0.2, 0.25) is 0 Å². The van der Waals surface area contributed by atoms with Crippen molar-refractivity contribution in [3.8, 4) is 0 Å². The summed E-state index contributed by atoms with van der Waals surface area (Å²) in [6.45, 7) is 2.84. The Bertz CT molecular complexity index is 726. The van der Waals surface area contributed by atoms with Crippen molar-refractivity contribution in [2.45, 2.75) is 18.9 Å². The topological polar surface area (TPSA) is 56.7 Å². The highest BCUT2D eigenvalue weighted by Gasteiger charge is 2.31. The molecule has 1 N–H and O–H groups in total. The number of carbonyl (C=O) groups is 1. The fraction of sp³-hybridized carbons (Fsp3) is 0.412. The molecular formula is C17H19N3O2. The quantitative estimate of drug-likeness (QED) is 0.935. The van der Waals surface area contributed by atoms with E-state index in [0.717, 1.165) is 32.5 Å². The molecule has 0 aliphatic carbocycles. The molecule has 0 radical (unpaired) electrons. The van der Waals surface area contributed by atoms with Crippen LogP contribution in [0.15, 0.2) is 30.6 Å². The van der Waals surface area contributed by atoms with Gasteiger partial charge in [-0.15, -0.1) is 0 Å². The SMILES string of the molecule is O=C(O)CN1CCC(N2CCc3cncc4cccc2c34)C1. The van der Waals surface area contributed by atoms with E-state index in [0.29, 0.717) is 6.04 Å². The second kappa shape index (κ2) is 5.25. The number of carboxylic acids is 1. The average molecular weight is 297 g/mol. The van der Waals surface area contributed by atoms with Gasteiger partial charge in [0.05, 0.1) is 6.54 Å². The molecule has 1 unspecified atom stereocenters. The maximum Gasteiger partial charge on any atom is 0.317 e. The molecule has 1 saturated heterocycles. The van der Waals surface area contributed by atoms with E-state index in [9.17, 15) is 4.79 Å². The van der Waals surface area contributed by atoms with E-state index in [-0.39, 0.29) is 6.54 Å². The highest BCUT2D eigenvalue weighted by Crippen LogP contribution is 2.36. The molecule has 5 heteroatoms. The highest BCUT2D eigenvalue weighted by atomic mass is 16.4. The van der Waals surface area contributed by atoms with Crippen molar-refractivity contribution in [2.24, 2.45) is 0 Å². The molecule has 0 spiro atoms. The number of anilines is 1. The van der Waals surface area contributed by atoms with Crippen LogP contribution in [0.4, 0.5) is 5.69 Å². The summed E-state index contributed by atoms with van der Waals surface area (Å²) in [6.07, 6.45) is 5.95. The van der Waals surface area contributed by atoms with Gasteiger partial charge in [-0.25, -0.2) is 0 Å². The molecule has 114 valence electrons. The number of benzene rings is 1. The van der Waals surface area contributed by atoms with E-state index in [1.807, 2.05) is 17.3 Å². The largest absolute Gasteiger partial charge is 0.480 e. The standard InChI is InChI=1S/C17H19N3O2/c21-16(22)11-19-6-5-14(10-19)20-7-4-13-9-18-8-12-2-1-3-15(20)17(12)13/h1-3,8-9,14H,4-7,10-11H2,(H,21,22). The third-order valence-corrected chi connectivity index (χ3v) is 4.82. The smallest absolute Gasteiger partial charge is 0.317 e. The van der Waals surface area contributed by atoms with Gasteiger partial charge >= 0.3 is 5.97 Å². The zero-order valence-corrected chi connectivity index (χ0v) is 12.4. The minimum atomic E-state index is -0.738. The van der Waals surface area contributed by atoms with Crippen LogP contribution >= 0.6 is 0 Å². The Morgan fingerprint density at radius 2 is 2.23 bits per heavy atom. The third kappa shape index (κ3) is 2.22. The van der Waals surface area contributed by atoms with Gasteiger partial charge in [0.15, 0.2) is 0 Å². The molecule has 3 heterocycles. The molecule has 1 aromatic carbocycles.